The van der Waals surface area contributed by atoms with Gasteiger partial charge in [0, 0.05) is 12.1 Å². The molecule has 0 aliphatic heterocycles. The van der Waals surface area contributed by atoms with Crippen LogP contribution >= 0.6 is 0 Å². The molecule has 0 unspecified atom stereocenters. The minimum absolute atomic E-state index is 0.0105. The first kappa shape index (κ1) is 17.9. The molecule has 0 atom stereocenters. The Morgan fingerprint density at radius 2 is 1.78 bits per heavy atom. The van der Waals surface area contributed by atoms with E-state index in [0.717, 1.165) is 37.7 Å². The number of hydrogen-bond acceptors (Lipinski definition) is 2. The first-order valence-electron chi connectivity index (χ1n) is 8.62. The number of halogens is 1. The van der Waals surface area contributed by atoms with Crippen LogP contribution in [0.15, 0.2) is 24.3 Å². The maximum atomic E-state index is 13.2. The number of nitrogens with one attached hydrogen (secondary N) is 1. The summed E-state index contributed by atoms with van der Waals surface area (Å²) in [5, 5.41) is 3.19. The van der Waals surface area contributed by atoms with Crippen molar-refractivity contribution in [2.45, 2.75) is 56.9 Å². The molecule has 2 rings (SSSR count). The fraction of sp³-hybridized carbons (Fsp3) is 0.632. The standard InChI is InChI=1S/C19H29FN2O/c1-5-18(6-2,22(3)4)14-21-17(23)19(12-7-13-19)15-8-10-16(20)11-9-15/h8-11H,5-7,12-14H2,1-4H3,(H,21,23). The molecule has 0 heterocycles. The Balaban J connectivity index is 2.13. The molecule has 23 heavy (non-hydrogen) atoms. The number of amides is 1. The molecular weight excluding hydrogens is 291 g/mol. The summed E-state index contributed by atoms with van der Waals surface area (Å²) in [5.74, 6) is -0.171. The fourth-order valence-corrected chi connectivity index (χ4v) is 3.65. The van der Waals surface area contributed by atoms with Crippen LogP contribution in [-0.2, 0) is 10.2 Å². The van der Waals surface area contributed by atoms with E-state index in [2.05, 4.69) is 38.2 Å². The number of nitrogens with zero attached hydrogens (tertiary/aromatic N) is 1. The van der Waals surface area contributed by atoms with Crippen LogP contribution in [-0.4, -0.2) is 37.0 Å². The van der Waals surface area contributed by atoms with Crippen molar-refractivity contribution in [3.05, 3.63) is 35.6 Å². The molecule has 1 aromatic carbocycles. The maximum Gasteiger partial charge on any atom is 0.230 e. The quantitative estimate of drug-likeness (QED) is 0.834. The Morgan fingerprint density at radius 1 is 1.22 bits per heavy atom. The Kier molecular flexibility index (Phi) is 5.45. The van der Waals surface area contributed by atoms with Crippen LogP contribution in [0, 0.1) is 5.82 Å². The summed E-state index contributed by atoms with van der Waals surface area (Å²) in [5.41, 5.74) is 0.461. The van der Waals surface area contributed by atoms with E-state index in [1.54, 1.807) is 12.1 Å². The third kappa shape index (κ3) is 3.27. The number of rotatable bonds is 7. The molecule has 1 aromatic rings. The average Bonchev–Trinajstić information content (AvgIpc) is 2.49. The molecule has 1 fully saturated rings. The number of likely N-dealkylation sites (N-methyl/N-ethyl adjacent to an activating group) is 1. The van der Waals surface area contributed by atoms with Crippen molar-refractivity contribution in [2.75, 3.05) is 20.6 Å². The fourth-order valence-electron chi connectivity index (χ4n) is 3.65. The zero-order valence-electron chi connectivity index (χ0n) is 14.8. The lowest BCUT2D eigenvalue weighted by Gasteiger charge is -2.43. The molecule has 1 aliphatic rings. The van der Waals surface area contributed by atoms with Gasteiger partial charge in [0.25, 0.3) is 0 Å². The number of hydrogen-bond donors (Lipinski definition) is 1. The third-order valence-electron chi connectivity index (χ3n) is 5.88. The van der Waals surface area contributed by atoms with E-state index in [9.17, 15) is 9.18 Å². The lowest BCUT2D eigenvalue weighted by molar-refractivity contribution is -0.130. The van der Waals surface area contributed by atoms with Crippen molar-refractivity contribution in [3.8, 4) is 0 Å². The summed E-state index contributed by atoms with van der Waals surface area (Å²) < 4.78 is 13.2. The first-order chi connectivity index (χ1) is 10.9. The van der Waals surface area contributed by atoms with E-state index in [-0.39, 0.29) is 17.3 Å². The molecule has 0 radical (unpaired) electrons. The van der Waals surface area contributed by atoms with Crippen molar-refractivity contribution in [2.24, 2.45) is 0 Å². The summed E-state index contributed by atoms with van der Waals surface area (Å²) in [6.07, 6.45) is 4.71. The van der Waals surface area contributed by atoms with E-state index < -0.39 is 5.41 Å². The van der Waals surface area contributed by atoms with Crippen LogP contribution in [0.1, 0.15) is 51.5 Å². The molecule has 3 nitrogen and oxygen atoms in total. The first-order valence-corrected chi connectivity index (χ1v) is 8.62. The Morgan fingerprint density at radius 3 is 2.17 bits per heavy atom. The van der Waals surface area contributed by atoms with Crippen molar-refractivity contribution in [3.63, 3.8) is 0 Å². The highest BCUT2D eigenvalue weighted by molar-refractivity contribution is 5.89. The predicted octanol–water partition coefficient (Wildman–Crippen LogP) is 3.48. The second-order valence-electron chi connectivity index (χ2n) is 6.95. The van der Waals surface area contributed by atoms with Crippen LogP contribution < -0.4 is 5.32 Å². The summed E-state index contributed by atoms with van der Waals surface area (Å²) in [6, 6.07) is 6.41. The lowest BCUT2D eigenvalue weighted by atomic mass is 9.63. The topological polar surface area (TPSA) is 32.3 Å². The van der Waals surface area contributed by atoms with Crippen LogP contribution in [0.25, 0.3) is 0 Å². The second-order valence-corrected chi connectivity index (χ2v) is 6.95. The lowest BCUT2D eigenvalue weighted by Crippen LogP contribution is -2.56. The summed E-state index contributed by atoms with van der Waals surface area (Å²) in [4.78, 5) is 15.1. The van der Waals surface area contributed by atoms with Crippen LogP contribution in [0.3, 0.4) is 0 Å². The summed E-state index contributed by atoms with van der Waals surface area (Å²) in [7, 11) is 4.14. The molecule has 128 valence electrons. The Bertz CT molecular complexity index is 531. The van der Waals surface area contributed by atoms with E-state index in [4.69, 9.17) is 0 Å². The van der Waals surface area contributed by atoms with E-state index >= 15 is 0 Å². The van der Waals surface area contributed by atoms with Crippen molar-refractivity contribution < 1.29 is 9.18 Å². The second kappa shape index (κ2) is 7.00. The van der Waals surface area contributed by atoms with Gasteiger partial charge in [-0.05, 0) is 57.5 Å². The van der Waals surface area contributed by atoms with Crippen molar-refractivity contribution >= 4 is 5.91 Å². The third-order valence-corrected chi connectivity index (χ3v) is 5.88. The Labute approximate surface area is 139 Å². The molecular formula is C19H29FN2O. The summed E-state index contributed by atoms with van der Waals surface area (Å²) in [6.45, 7) is 4.97. The van der Waals surface area contributed by atoms with Gasteiger partial charge in [0.15, 0.2) is 0 Å². The van der Waals surface area contributed by atoms with Gasteiger partial charge < -0.3 is 10.2 Å². The zero-order chi connectivity index (χ0) is 17.1. The van der Waals surface area contributed by atoms with Crippen molar-refractivity contribution in [1.29, 1.82) is 0 Å². The smallest absolute Gasteiger partial charge is 0.230 e. The number of benzene rings is 1. The molecule has 1 saturated carbocycles. The largest absolute Gasteiger partial charge is 0.353 e. The van der Waals surface area contributed by atoms with Crippen molar-refractivity contribution in [1.82, 2.24) is 10.2 Å². The molecule has 1 N–H and O–H groups in total. The highest BCUT2D eigenvalue weighted by Crippen LogP contribution is 2.44. The molecule has 0 aromatic heterocycles. The number of carbonyl (C=O) groups excluding carboxylic acids is 1. The molecule has 0 bridgehead atoms. The van der Waals surface area contributed by atoms with E-state index in [0.29, 0.717) is 6.54 Å². The molecule has 4 heteroatoms. The highest BCUT2D eigenvalue weighted by atomic mass is 19.1. The van der Waals surface area contributed by atoms with Gasteiger partial charge in [0.2, 0.25) is 5.91 Å². The monoisotopic (exact) mass is 320 g/mol. The van der Waals surface area contributed by atoms with Crippen LogP contribution in [0.4, 0.5) is 4.39 Å². The van der Waals surface area contributed by atoms with Gasteiger partial charge in [-0.25, -0.2) is 4.39 Å². The van der Waals surface area contributed by atoms with Crippen LogP contribution in [0.5, 0.6) is 0 Å². The maximum absolute atomic E-state index is 13.2. The van der Waals surface area contributed by atoms with Gasteiger partial charge in [0.05, 0.1) is 5.41 Å². The number of carbonyl (C=O) groups is 1. The van der Waals surface area contributed by atoms with Gasteiger partial charge in [-0.2, -0.15) is 0 Å². The van der Waals surface area contributed by atoms with Gasteiger partial charge in [-0.1, -0.05) is 32.4 Å². The van der Waals surface area contributed by atoms with Gasteiger partial charge >= 0.3 is 0 Å². The molecule has 0 saturated heterocycles. The highest BCUT2D eigenvalue weighted by Gasteiger charge is 2.46. The molecule has 0 spiro atoms. The summed E-state index contributed by atoms with van der Waals surface area (Å²) >= 11 is 0. The van der Waals surface area contributed by atoms with Crippen LogP contribution in [0.2, 0.25) is 0 Å². The van der Waals surface area contributed by atoms with E-state index in [1.807, 2.05) is 0 Å². The normalized spacial score (nSPS) is 17.0. The zero-order valence-corrected chi connectivity index (χ0v) is 14.8. The van der Waals surface area contributed by atoms with Gasteiger partial charge in [-0.15, -0.1) is 0 Å². The SMILES string of the molecule is CCC(CC)(CNC(=O)C1(c2ccc(F)cc2)CCC1)N(C)C. The minimum atomic E-state index is -0.465. The predicted molar refractivity (Wildman–Crippen MR) is 91.9 cm³/mol. The van der Waals surface area contributed by atoms with E-state index in [1.165, 1.54) is 12.1 Å². The molecule has 1 aliphatic carbocycles. The van der Waals surface area contributed by atoms with Gasteiger partial charge in [0.1, 0.15) is 5.82 Å². The Hall–Kier alpha value is -1.42. The molecule has 1 amide bonds. The van der Waals surface area contributed by atoms with Gasteiger partial charge in [-0.3, -0.25) is 4.79 Å². The average molecular weight is 320 g/mol. The minimum Gasteiger partial charge on any atom is -0.353 e.